The molecule has 2 aromatic heterocycles. The molecule has 3 aromatic rings. The van der Waals surface area contributed by atoms with Gasteiger partial charge in [0.05, 0.1) is 18.0 Å². The molecule has 0 saturated heterocycles. The van der Waals surface area contributed by atoms with Crippen LogP contribution in [-0.2, 0) is 9.53 Å². The molecule has 28 heavy (non-hydrogen) atoms. The molecule has 0 atom stereocenters. The fourth-order valence-electron chi connectivity index (χ4n) is 2.22. The van der Waals surface area contributed by atoms with Crippen molar-refractivity contribution in [3.05, 3.63) is 70.1 Å². The Morgan fingerprint density at radius 3 is 2.68 bits per heavy atom. The Labute approximate surface area is 156 Å². The van der Waals surface area contributed by atoms with E-state index in [1.54, 1.807) is 30.3 Å². The summed E-state index contributed by atoms with van der Waals surface area (Å²) in [6.45, 7) is -0.696. The lowest BCUT2D eigenvalue weighted by atomic mass is 10.3. The minimum atomic E-state index is -1.04. The Hall–Kier alpha value is -4.46. The van der Waals surface area contributed by atoms with Crippen LogP contribution < -0.4 is 5.32 Å². The molecule has 0 unspecified atom stereocenters. The summed E-state index contributed by atoms with van der Waals surface area (Å²) >= 11 is 0. The van der Waals surface area contributed by atoms with E-state index in [9.17, 15) is 25.0 Å². The molecule has 0 aliphatic heterocycles. The number of rotatable bonds is 6. The van der Waals surface area contributed by atoms with Crippen LogP contribution in [0.25, 0.3) is 5.69 Å². The van der Waals surface area contributed by atoms with Gasteiger partial charge in [-0.3, -0.25) is 14.9 Å². The molecule has 2 heterocycles. The van der Waals surface area contributed by atoms with E-state index >= 15 is 0 Å². The largest absolute Gasteiger partial charge is 0.450 e. The summed E-state index contributed by atoms with van der Waals surface area (Å²) in [7, 11) is 0. The van der Waals surface area contributed by atoms with Crippen LogP contribution in [0.1, 0.15) is 16.1 Å². The topological polar surface area (TPSA) is 153 Å². The lowest BCUT2D eigenvalue weighted by Crippen LogP contribution is -2.22. The van der Waals surface area contributed by atoms with Crippen LogP contribution in [0.5, 0.6) is 0 Å². The molecule has 0 spiro atoms. The van der Waals surface area contributed by atoms with E-state index in [1.165, 1.54) is 10.9 Å². The van der Waals surface area contributed by atoms with Gasteiger partial charge in [0.2, 0.25) is 5.76 Å². The van der Waals surface area contributed by atoms with Gasteiger partial charge in [-0.2, -0.15) is 10.4 Å². The highest BCUT2D eigenvalue weighted by Gasteiger charge is 2.20. The van der Waals surface area contributed by atoms with Gasteiger partial charge in [0.15, 0.2) is 12.4 Å². The number of carbonyl (C=O) groups excluding carboxylic acids is 2. The minimum absolute atomic E-state index is 0.114. The lowest BCUT2D eigenvalue weighted by Gasteiger charge is -2.09. The number of nitriles is 1. The number of nitrogens with zero attached hydrogens (tertiary/aromatic N) is 4. The number of aromatic nitrogens is 2. The lowest BCUT2D eigenvalue weighted by molar-refractivity contribution is -0.402. The van der Waals surface area contributed by atoms with E-state index in [0.29, 0.717) is 5.69 Å². The summed E-state index contributed by atoms with van der Waals surface area (Å²) in [6.07, 6.45) is 1.29. The van der Waals surface area contributed by atoms with Crippen molar-refractivity contribution in [3.63, 3.8) is 0 Å². The number of nitro groups is 1. The van der Waals surface area contributed by atoms with Gasteiger partial charge in [-0.05, 0) is 18.2 Å². The first-order valence-corrected chi connectivity index (χ1v) is 7.74. The van der Waals surface area contributed by atoms with E-state index in [2.05, 4.69) is 10.4 Å². The summed E-state index contributed by atoms with van der Waals surface area (Å²) in [5.41, 5.74) is 0.726. The van der Waals surface area contributed by atoms with Gasteiger partial charge < -0.3 is 14.5 Å². The van der Waals surface area contributed by atoms with Crippen molar-refractivity contribution in [2.75, 3.05) is 11.9 Å². The number of anilines is 1. The number of ether oxygens (including phenoxy) is 1. The van der Waals surface area contributed by atoms with Crippen molar-refractivity contribution in [1.29, 1.82) is 5.26 Å². The van der Waals surface area contributed by atoms with Crippen molar-refractivity contribution >= 4 is 23.6 Å². The number of furan rings is 1. The number of benzene rings is 1. The van der Waals surface area contributed by atoms with Gasteiger partial charge in [0.1, 0.15) is 16.6 Å². The fraction of sp³-hybridized carbons (Fsp3) is 0.0588. The van der Waals surface area contributed by atoms with Crippen LogP contribution in [0, 0.1) is 21.4 Å². The van der Waals surface area contributed by atoms with E-state index in [0.717, 1.165) is 12.1 Å². The first-order valence-electron chi connectivity index (χ1n) is 7.74. The molecule has 1 N–H and O–H groups in total. The highest BCUT2D eigenvalue weighted by Crippen LogP contribution is 2.20. The van der Waals surface area contributed by atoms with Crippen LogP contribution in [0.4, 0.5) is 11.7 Å². The van der Waals surface area contributed by atoms with E-state index in [-0.39, 0.29) is 11.4 Å². The molecule has 0 bridgehead atoms. The van der Waals surface area contributed by atoms with Crippen LogP contribution in [0.15, 0.2) is 53.1 Å². The summed E-state index contributed by atoms with van der Waals surface area (Å²) in [5.74, 6) is -2.69. The summed E-state index contributed by atoms with van der Waals surface area (Å²) in [4.78, 5) is 33.7. The van der Waals surface area contributed by atoms with Crippen molar-refractivity contribution in [1.82, 2.24) is 9.78 Å². The van der Waals surface area contributed by atoms with Crippen molar-refractivity contribution in [3.8, 4) is 11.8 Å². The molecule has 0 fully saturated rings. The SMILES string of the molecule is N#Cc1cnn(-c2ccccc2)c1NC(=O)COC(=O)c1ccc([N+](=O)[O-])o1. The first-order chi connectivity index (χ1) is 13.5. The van der Waals surface area contributed by atoms with Crippen LogP contribution in [-0.4, -0.2) is 33.2 Å². The monoisotopic (exact) mass is 381 g/mol. The summed E-state index contributed by atoms with van der Waals surface area (Å²) < 4.78 is 10.8. The number of esters is 1. The zero-order valence-electron chi connectivity index (χ0n) is 14.1. The third-order valence-corrected chi connectivity index (χ3v) is 3.46. The molecule has 1 aromatic carbocycles. The third kappa shape index (κ3) is 3.86. The predicted octanol–water partition coefficient (Wildman–Crippen LogP) is 2.04. The van der Waals surface area contributed by atoms with E-state index in [1.807, 2.05) is 6.07 Å². The number of nitrogens with one attached hydrogen (secondary N) is 1. The molecule has 140 valence electrons. The number of amides is 1. The van der Waals surface area contributed by atoms with E-state index in [4.69, 9.17) is 9.15 Å². The maximum Gasteiger partial charge on any atom is 0.433 e. The number of carbonyl (C=O) groups is 2. The fourth-order valence-corrected chi connectivity index (χ4v) is 2.22. The zero-order valence-corrected chi connectivity index (χ0v) is 14.1. The van der Waals surface area contributed by atoms with Gasteiger partial charge in [0, 0.05) is 0 Å². The molecule has 11 heteroatoms. The number of para-hydroxylation sites is 1. The van der Waals surface area contributed by atoms with Gasteiger partial charge in [-0.15, -0.1) is 0 Å². The Kier molecular flexibility index (Phi) is 5.13. The zero-order chi connectivity index (χ0) is 20.1. The van der Waals surface area contributed by atoms with Crippen molar-refractivity contribution < 1.29 is 23.7 Å². The molecule has 3 rings (SSSR count). The van der Waals surface area contributed by atoms with Gasteiger partial charge in [-0.25, -0.2) is 9.48 Å². The van der Waals surface area contributed by atoms with E-state index < -0.39 is 35.1 Å². The van der Waals surface area contributed by atoms with Crippen LogP contribution >= 0.6 is 0 Å². The van der Waals surface area contributed by atoms with Gasteiger partial charge in [0.25, 0.3) is 5.91 Å². The van der Waals surface area contributed by atoms with Crippen molar-refractivity contribution in [2.45, 2.75) is 0 Å². The van der Waals surface area contributed by atoms with Gasteiger partial charge in [-0.1, -0.05) is 18.2 Å². The molecule has 0 aliphatic rings. The standard InChI is InChI=1S/C17H11N5O6/c18-8-11-9-19-21(12-4-2-1-3-5-12)16(11)20-14(23)10-27-17(24)13-6-7-15(28-13)22(25)26/h1-7,9H,10H2,(H,20,23). The van der Waals surface area contributed by atoms with Crippen LogP contribution in [0.3, 0.4) is 0 Å². The average Bonchev–Trinajstić information content (AvgIpc) is 3.34. The Bertz CT molecular complexity index is 1080. The van der Waals surface area contributed by atoms with Gasteiger partial charge >= 0.3 is 11.9 Å². The molecule has 0 aliphatic carbocycles. The molecule has 1 amide bonds. The first kappa shape index (κ1) is 18.3. The number of hydrogen-bond acceptors (Lipinski definition) is 8. The maximum absolute atomic E-state index is 12.1. The highest BCUT2D eigenvalue weighted by atomic mass is 16.7. The van der Waals surface area contributed by atoms with Crippen molar-refractivity contribution in [2.24, 2.45) is 0 Å². The molecule has 11 nitrogen and oxygen atoms in total. The molecule has 0 saturated carbocycles. The molecular weight excluding hydrogens is 370 g/mol. The molecule has 0 radical (unpaired) electrons. The average molecular weight is 381 g/mol. The normalized spacial score (nSPS) is 10.1. The summed E-state index contributed by atoms with van der Waals surface area (Å²) in [6, 6.07) is 12.8. The second-order valence-corrected chi connectivity index (χ2v) is 5.29. The van der Waals surface area contributed by atoms with Crippen LogP contribution in [0.2, 0.25) is 0 Å². The molecular formula is C17H11N5O6. The third-order valence-electron chi connectivity index (χ3n) is 3.46. The Balaban J connectivity index is 1.68. The Morgan fingerprint density at radius 2 is 2.04 bits per heavy atom. The number of hydrogen-bond donors (Lipinski definition) is 1. The minimum Gasteiger partial charge on any atom is -0.450 e. The second kappa shape index (κ2) is 7.83. The second-order valence-electron chi connectivity index (χ2n) is 5.29. The Morgan fingerprint density at radius 1 is 1.29 bits per heavy atom. The quantitative estimate of drug-likeness (QED) is 0.386. The smallest absolute Gasteiger partial charge is 0.433 e. The highest BCUT2D eigenvalue weighted by molar-refractivity contribution is 5.95. The maximum atomic E-state index is 12.1. The predicted molar refractivity (Wildman–Crippen MR) is 92.6 cm³/mol. The summed E-state index contributed by atoms with van der Waals surface area (Å²) in [5, 5.41) is 26.3.